The van der Waals surface area contributed by atoms with E-state index in [9.17, 15) is 32.5 Å². The Morgan fingerprint density at radius 1 is 1.22 bits per heavy atom. The van der Waals surface area contributed by atoms with Crippen LogP contribution in [0.3, 0.4) is 0 Å². The second-order valence-electron chi connectivity index (χ2n) is 9.20. The molecule has 2 unspecified atom stereocenters. The summed E-state index contributed by atoms with van der Waals surface area (Å²) in [6.07, 6.45) is 6.97. The fraction of sp³-hybridized carbons (Fsp3) is 0.500. The molecule has 3 rings (SSSR count). The highest BCUT2D eigenvalue weighted by atomic mass is 32.2. The predicted molar refractivity (Wildman–Crippen MR) is 131 cm³/mol. The van der Waals surface area contributed by atoms with Crippen molar-refractivity contribution in [1.29, 1.82) is 0 Å². The Morgan fingerprint density at radius 2 is 1.94 bits per heavy atom. The van der Waals surface area contributed by atoms with E-state index in [0.29, 0.717) is 19.3 Å². The number of hydrogen-bond donors (Lipinski definition) is 3. The van der Waals surface area contributed by atoms with Gasteiger partial charge in [0.05, 0.1) is 18.4 Å². The zero-order chi connectivity index (χ0) is 26.5. The summed E-state index contributed by atoms with van der Waals surface area (Å²) in [5.41, 5.74) is -0.261. The van der Waals surface area contributed by atoms with Gasteiger partial charge in [0.2, 0.25) is 0 Å². The van der Waals surface area contributed by atoms with Gasteiger partial charge >= 0.3 is 12.0 Å². The van der Waals surface area contributed by atoms with E-state index in [1.807, 2.05) is 0 Å². The lowest BCUT2D eigenvalue weighted by molar-refractivity contribution is -0.793. The van der Waals surface area contributed by atoms with Crippen LogP contribution >= 0.6 is 0 Å². The Labute approximate surface area is 210 Å². The van der Waals surface area contributed by atoms with Gasteiger partial charge in [-0.05, 0) is 25.5 Å². The normalized spacial score (nSPS) is 20.7. The van der Waals surface area contributed by atoms with E-state index in [2.05, 4.69) is 17.2 Å². The number of anilines is 1. The Morgan fingerprint density at radius 3 is 2.56 bits per heavy atom. The Kier molecular flexibility index (Phi) is 8.64. The molecule has 0 saturated carbocycles. The zero-order valence-corrected chi connectivity index (χ0v) is 21.3. The van der Waals surface area contributed by atoms with Crippen LogP contribution in [0.5, 0.6) is 0 Å². The molecular formula is C24H33N4O7S+. The summed E-state index contributed by atoms with van der Waals surface area (Å²) in [6.45, 7) is 4.08. The fourth-order valence-corrected chi connectivity index (χ4v) is 5.54. The maximum absolute atomic E-state index is 13.8. The number of carbonyl (C=O) groups is 3. The van der Waals surface area contributed by atoms with Gasteiger partial charge in [0.1, 0.15) is 17.0 Å². The van der Waals surface area contributed by atoms with Crippen molar-refractivity contribution >= 4 is 33.8 Å². The highest BCUT2D eigenvalue weighted by Crippen LogP contribution is 2.33. The predicted octanol–water partition coefficient (Wildman–Crippen LogP) is 4.10. The average molecular weight is 522 g/mol. The molecule has 11 nitrogen and oxygen atoms in total. The highest BCUT2D eigenvalue weighted by molar-refractivity contribution is 7.86. The molecule has 2 heterocycles. The standard InChI is InChI=1S/C24H32N4O7S/c1-3-4-5-6-12-19(23(30)28(24(31)32)14-9-10-17(28)2)27-15-21(25-16-27)26-22(29)18-11-7-8-13-20(18)36(33,34)35/h7-8,11,13,15-17,19H,3-6,9-10,12,14H2,1-2H3,(H2-,26,29,31,32,33,34,35)/p+1/t17-,19?,28?/m1/s1. The van der Waals surface area contributed by atoms with Crippen molar-refractivity contribution < 1.29 is 36.9 Å². The molecule has 1 aliphatic heterocycles. The van der Waals surface area contributed by atoms with Gasteiger partial charge in [-0.25, -0.2) is 9.78 Å². The first-order chi connectivity index (χ1) is 17.0. The van der Waals surface area contributed by atoms with Crippen molar-refractivity contribution in [3.8, 4) is 0 Å². The number of carboxylic acid groups (broad SMARTS) is 1. The molecule has 1 aromatic carbocycles. The molecule has 0 aliphatic carbocycles. The number of imidazole rings is 1. The summed E-state index contributed by atoms with van der Waals surface area (Å²) in [5, 5.41) is 12.5. The molecule has 3 N–H and O–H groups in total. The summed E-state index contributed by atoms with van der Waals surface area (Å²) in [5.74, 6) is -1.16. The lowest BCUT2D eigenvalue weighted by atomic mass is 10.0. The third-order valence-corrected chi connectivity index (χ3v) is 7.76. The number of amides is 3. The summed E-state index contributed by atoms with van der Waals surface area (Å²) in [7, 11) is -4.62. The smallest absolute Gasteiger partial charge is 0.435 e. The molecule has 0 spiro atoms. The van der Waals surface area contributed by atoms with E-state index in [1.54, 1.807) is 6.92 Å². The zero-order valence-electron chi connectivity index (χ0n) is 20.5. The van der Waals surface area contributed by atoms with Crippen molar-refractivity contribution in [3.05, 3.63) is 42.4 Å². The molecule has 3 atom stereocenters. The Hall–Kier alpha value is -3.09. The number of quaternary nitrogens is 1. The van der Waals surface area contributed by atoms with Gasteiger partial charge in [0.15, 0.2) is 5.82 Å². The number of carbonyl (C=O) groups excluding carboxylic acids is 2. The van der Waals surface area contributed by atoms with E-state index in [0.717, 1.165) is 31.7 Å². The van der Waals surface area contributed by atoms with Gasteiger partial charge in [-0.1, -0.05) is 44.7 Å². The Balaban J connectivity index is 1.88. The van der Waals surface area contributed by atoms with Gasteiger partial charge in [-0.15, -0.1) is 0 Å². The van der Waals surface area contributed by atoms with Gasteiger partial charge in [0, 0.05) is 19.0 Å². The van der Waals surface area contributed by atoms with Crippen molar-refractivity contribution in [2.75, 3.05) is 11.9 Å². The van der Waals surface area contributed by atoms with Crippen molar-refractivity contribution in [2.45, 2.75) is 75.8 Å². The summed E-state index contributed by atoms with van der Waals surface area (Å²) >= 11 is 0. The van der Waals surface area contributed by atoms with Crippen LogP contribution in [-0.4, -0.2) is 62.6 Å². The quantitative estimate of drug-likeness (QED) is 0.240. The molecule has 0 radical (unpaired) electrons. The van der Waals surface area contributed by atoms with E-state index in [1.165, 1.54) is 35.3 Å². The second-order valence-corrected chi connectivity index (χ2v) is 10.6. The number of rotatable bonds is 10. The Bertz CT molecular complexity index is 1230. The number of unbranched alkanes of at least 4 members (excludes halogenated alkanes) is 3. The van der Waals surface area contributed by atoms with Gasteiger partial charge in [-0.2, -0.15) is 17.7 Å². The number of likely N-dealkylation sites (tertiary alicyclic amines) is 1. The number of nitrogens with one attached hydrogen (secondary N) is 1. The van der Waals surface area contributed by atoms with E-state index in [4.69, 9.17) is 0 Å². The van der Waals surface area contributed by atoms with Crippen LogP contribution in [-0.2, 0) is 14.9 Å². The van der Waals surface area contributed by atoms with Gasteiger partial charge < -0.3 is 15.0 Å². The molecule has 3 amide bonds. The SMILES string of the molecule is CCCCCCC(C(=O)[N+]1(C(=O)O)CCC[C@H]1C)n1cnc(NC(=O)c2ccccc2S(=O)(=O)O)c1. The van der Waals surface area contributed by atoms with E-state index < -0.39 is 43.4 Å². The highest BCUT2D eigenvalue weighted by Gasteiger charge is 2.55. The summed E-state index contributed by atoms with van der Waals surface area (Å²) in [4.78, 5) is 42.4. The third-order valence-electron chi connectivity index (χ3n) is 6.85. The molecule has 196 valence electrons. The van der Waals surface area contributed by atoms with E-state index >= 15 is 0 Å². The molecule has 2 aromatic rings. The summed E-state index contributed by atoms with van der Waals surface area (Å²) < 4.78 is 33.6. The first-order valence-corrected chi connectivity index (χ1v) is 13.5. The molecule has 1 aromatic heterocycles. The minimum atomic E-state index is -4.62. The minimum absolute atomic E-state index is 0.0628. The van der Waals surface area contributed by atoms with Crippen molar-refractivity contribution in [2.24, 2.45) is 0 Å². The molecule has 0 bridgehead atoms. The van der Waals surface area contributed by atoms with Crippen LogP contribution in [0.1, 0.15) is 75.2 Å². The largest absolute Gasteiger partial charge is 0.521 e. The lowest BCUT2D eigenvalue weighted by Crippen LogP contribution is -2.60. The molecule has 12 heteroatoms. The number of nitrogens with zero attached hydrogens (tertiary/aromatic N) is 3. The molecule has 1 fully saturated rings. The van der Waals surface area contributed by atoms with Crippen molar-refractivity contribution in [1.82, 2.24) is 9.55 Å². The van der Waals surface area contributed by atoms with Crippen LogP contribution in [0.15, 0.2) is 41.7 Å². The van der Waals surface area contributed by atoms with Crippen LogP contribution in [0.25, 0.3) is 0 Å². The topological polar surface area (TPSA) is 156 Å². The number of hydrogen-bond acceptors (Lipinski definition) is 6. The molecular weight excluding hydrogens is 488 g/mol. The second kappa shape index (κ2) is 11.3. The van der Waals surface area contributed by atoms with Gasteiger partial charge in [0.25, 0.3) is 16.0 Å². The molecule has 36 heavy (non-hydrogen) atoms. The number of benzene rings is 1. The fourth-order valence-electron chi connectivity index (χ4n) is 4.85. The average Bonchev–Trinajstić information content (AvgIpc) is 3.45. The first-order valence-electron chi connectivity index (χ1n) is 12.1. The maximum atomic E-state index is 13.8. The number of aromatic nitrogens is 2. The van der Waals surface area contributed by atoms with Crippen LogP contribution in [0.2, 0.25) is 0 Å². The number of imide groups is 1. The van der Waals surface area contributed by atoms with Crippen molar-refractivity contribution in [3.63, 3.8) is 0 Å². The minimum Gasteiger partial charge on any atom is -0.435 e. The van der Waals surface area contributed by atoms with Crippen LogP contribution in [0, 0.1) is 0 Å². The van der Waals surface area contributed by atoms with Crippen LogP contribution < -0.4 is 5.32 Å². The maximum Gasteiger partial charge on any atom is 0.521 e. The van der Waals surface area contributed by atoms with E-state index in [-0.39, 0.29) is 24.0 Å². The molecule has 1 aliphatic rings. The summed E-state index contributed by atoms with van der Waals surface area (Å²) in [6, 6.07) is 4.06. The van der Waals surface area contributed by atoms with Crippen LogP contribution in [0.4, 0.5) is 10.6 Å². The third kappa shape index (κ3) is 5.66. The van der Waals surface area contributed by atoms with Gasteiger partial charge in [-0.3, -0.25) is 9.35 Å². The monoisotopic (exact) mass is 521 g/mol. The molecule has 1 saturated heterocycles. The lowest BCUT2D eigenvalue weighted by Gasteiger charge is -2.33. The first kappa shape index (κ1) is 27.5.